The van der Waals surface area contributed by atoms with Gasteiger partial charge in [-0.1, -0.05) is 24.0 Å². The van der Waals surface area contributed by atoms with Crippen molar-refractivity contribution < 1.29 is 18.0 Å². The number of nitrogen functional groups attached to an aromatic ring is 1. The second-order valence-corrected chi connectivity index (χ2v) is 7.30. The average molecular weight is 428 g/mol. The van der Waals surface area contributed by atoms with E-state index in [2.05, 4.69) is 22.1 Å². The summed E-state index contributed by atoms with van der Waals surface area (Å²) in [6.07, 6.45) is -2.27. The monoisotopic (exact) mass is 428 g/mol. The van der Waals surface area contributed by atoms with Crippen LogP contribution in [0.4, 0.5) is 29.3 Å². The van der Waals surface area contributed by atoms with Crippen LogP contribution in [0.3, 0.4) is 0 Å². The number of alkyl halides is 3. The van der Waals surface area contributed by atoms with E-state index in [1.54, 1.807) is 6.07 Å². The first-order valence-corrected chi connectivity index (χ1v) is 9.21. The fraction of sp³-hybridized carbons (Fsp3) is 0.300. The van der Waals surface area contributed by atoms with E-state index in [1.807, 2.05) is 5.32 Å². The molecule has 2 aromatic rings. The van der Waals surface area contributed by atoms with Gasteiger partial charge in [0.1, 0.15) is 11.8 Å². The van der Waals surface area contributed by atoms with Gasteiger partial charge in [0, 0.05) is 17.2 Å². The zero-order chi connectivity index (χ0) is 22.4. The molecular weight excluding hydrogens is 413 g/mol. The van der Waals surface area contributed by atoms with Crippen LogP contribution >= 0.6 is 0 Å². The third-order valence-corrected chi connectivity index (χ3v) is 5.03. The number of halogens is 3. The molecule has 2 heterocycles. The lowest BCUT2D eigenvalue weighted by atomic mass is 9.85. The van der Waals surface area contributed by atoms with Gasteiger partial charge in [0.05, 0.1) is 12.9 Å². The van der Waals surface area contributed by atoms with E-state index < -0.39 is 23.3 Å². The average Bonchev–Trinajstić information content (AvgIpc) is 3.53. The summed E-state index contributed by atoms with van der Waals surface area (Å²) in [6, 6.07) is 4.63. The molecule has 0 saturated heterocycles. The van der Waals surface area contributed by atoms with E-state index in [0.717, 1.165) is 23.7 Å². The number of nitrogens with zero attached hydrogens (tertiary/aromatic N) is 3. The van der Waals surface area contributed by atoms with Crippen molar-refractivity contribution in [2.45, 2.75) is 31.1 Å². The molecule has 2 amide bonds. The van der Waals surface area contributed by atoms with Crippen molar-refractivity contribution >= 4 is 17.4 Å². The highest BCUT2D eigenvalue weighted by molar-refractivity contribution is 5.95. The summed E-state index contributed by atoms with van der Waals surface area (Å²) in [6.45, 7) is -0.0783. The first-order chi connectivity index (χ1) is 14.6. The molecule has 1 aromatic heterocycles. The minimum atomic E-state index is -4.86. The van der Waals surface area contributed by atoms with E-state index >= 15 is 0 Å². The number of aromatic nitrogens is 2. The molecule has 1 aliphatic carbocycles. The molecule has 1 atom stereocenters. The Morgan fingerprint density at radius 1 is 1.32 bits per heavy atom. The van der Waals surface area contributed by atoms with Crippen LogP contribution in [-0.2, 0) is 12.1 Å². The Kier molecular flexibility index (Phi) is 4.62. The lowest BCUT2D eigenvalue weighted by molar-refractivity contribution is -0.178. The molecule has 2 aliphatic rings. The molecule has 0 bridgehead atoms. The normalized spacial score (nSPS) is 19.9. The van der Waals surface area contributed by atoms with Gasteiger partial charge in [0.25, 0.3) is 5.56 Å². The van der Waals surface area contributed by atoms with E-state index in [1.165, 1.54) is 18.2 Å². The van der Waals surface area contributed by atoms with E-state index in [4.69, 9.17) is 11.0 Å². The van der Waals surface area contributed by atoms with Crippen LogP contribution in [0.1, 0.15) is 29.7 Å². The number of fused-ring (bicyclic) bond motifs is 1. The minimum Gasteiger partial charge on any atom is -0.392 e. The van der Waals surface area contributed by atoms with Crippen LogP contribution in [0.5, 0.6) is 0 Å². The molecule has 11 heteroatoms. The molecule has 158 valence electrons. The fourth-order valence-electron chi connectivity index (χ4n) is 3.25. The number of anilines is 2. The van der Waals surface area contributed by atoms with E-state index in [9.17, 15) is 22.8 Å². The summed E-state index contributed by atoms with van der Waals surface area (Å²) in [5.74, 6) is 4.77. The Hall–Kier alpha value is -3.99. The van der Waals surface area contributed by atoms with Crippen LogP contribution < -0.4 is 21.9 Å². The molecule has 31 heavy (non-hydrogen) atoms. The first kappa shape index (κ1) is 20.3. The van der Waals surface area contributed by atoms with Gasteiger partial charge in [0.2, 0.25) is 5.54 Å². The predicted octanol–water partition coefficient (Wildman–Crippen LogP) is 2.05. The number of nitrogens with two attached hydrogens (primary N) is 1. The first-order valence-electron chi connectivity index (χ1n) is 9.21. The SMILES string of the molecule is N#Cc1ncn(Cc2ccc3c(c2)NC(=O)N[C@]3(C#CC2CC2)C(F)(F)F)c(=O)c1N. The number of hydrogen-bond acceptors (Lipinski definition) is 5. The third kappa shape index (κ3) is 3.55. The Labute approximate surface area is 173 Å². The lowest BCUT2D eigenvalue weighted by Gasteiger charge is -2.37. The van der Waals surface area contributed by atoms with Crippen molar-refractivity contribution in [1.82, 2.24) is 14.9 Å². The quantitative estimate of drug-likeness (QED) is 0.632. The number of benzene rings is 1. The number of carbonyl (C=O) groups excluding carboxylic acids is 1. The lowest BCUT2D eigenvalue weighted by Crippen LogP contribution is -2.59. The smallest absolute Gasteiger partial charge is 0.392 e. The molecule has 0 spiro atoms. The standard InChI is InChI=1S/C20H15F3N6O2/c21-20(22,23)19(6-5-11-1-2-11)13-4-3-12(7-14(13)27-18(31)28-19)9-29-10-26-15(8-24)16(25)17(29)30/h3-4,7,10-11H,1-2,9,25H2,(H2,27,28,31)/t19-/m0/s1. The summed E-state index contributed by atoms with van der Waals surface area (Å²) in [7, 11) is 0. The summed E-state index contributed by atoms with van der Waals surface area (Å²) >= 11 is 0. The molecule has 0 unspecified atom stereocenters. The fourth-order valence-corrected chi connectivity index (χ4v) is 3.25. The summed E-state index contributed by atoms with van der Waals surface area (Å²) in [5.41, 5.74) is 1.69. The van der Waals surface area contributed by atoms with Gasteiger partial charge in [-0.15, -0.1) is 0 Å². The van der Waals surface area contributed by atoms with Crippen LogP contribution in [0.2, 0.25) is 0 Å². The number of hydrogen-bond donors (Lipinski definition) is 3. The number of carbonyl (C=O) groups is 1. The summed E-state index contributed by atoms with van der Waals surface area (Å²) in [4.78, 5) is 28.2. The van der Waals surface area contributed by atoms with Gasteiger partial charge >= 0.3 is 12.2 Å². The van der Waals surface area contributed by atoms with Gasteiger partial charge in [-0.25, -0.2) is 9.78 Å². The van der Waals surface area contributed by atoms with Crippen molar-refractivity contribution in [2.24, 2.45) is 5.92 Å². The molecule has 1 aromatic carbocycles. The number of urea groups is 1. The van der Waals surface area contributed by atoms with E-state index in [-0.39, 0.29) is 35.1 Å². The van der Waals surface area contributed by atoms with Crippen molar-refractivity contribution in [3.05, 3.63) is 51.7 Å². The van der Waals surface area contributed by atoms with Gasteiger partial charge < -0.3 is 16.4 Å². The second-order valence-electron chi connectivity index (χ2n) is 7.30. The van der Waals surface area contributed by atoms with E-state index in [0.29, 0.717) is 5.56 Å². The highest BCUT2D eigenvalue weighted by Crippen LogP contribution is 2.44. The number of nitriles is 1. The zero-order valence-electron chi connectivity index (χ0n) is 15.9. The summed E-state index contributed by atoms with van der Waals surface area (Å²) in [5, 5.41) is 13.2. The van der Waals surface area contributed by atoms with Crippen molar-refractivity contribution in [2.75, 3.05) is 11.1 Å². The highest BCUT2D eigenvalue weighted by Gasteiger charge is 2.59. The predicted molar refractivity (Wildman–Crippen MR) is 104 cm³/mol. The molecule has 1 aliphatic heterocycles. The molecule has 8 nitrogen and oxygen atoms in total. The highest BCUT2D eigenvalue weighted by atomic mass is 19.4. The molecule has 4 rings (SSSR count). The Morgan fingerprint density at radius 3 is 2.71 bits per heavy atom. The largest absolute Gasteiger partial charge is 0.427 e. The van der Waals surface area contributed by atoms with Crippen LogP contribution in [0, 0.1) is 29.1 Å². The maximum absolute atomic E-state index is 14.1. The maximum atomic E-state index is 14.1. The Balaban J connectivity index is 1.76. The number of amides is 2. The van der Waals surface area contributed by atoms with Gasteiger partial charge in [-0.3, -0.25) is 9.36 Å². The Bertz CT molecular complexity index is 1250. The summed E-state index contributed by atoms with van der Waals surface area (Å²) < 4.78 is 43.4. The van der Waals surface area contributed by atoms with Gasteiger partial charge in [-0.2, -0.15) is 18.4 Å². The maximum Gasteiger partial charge on any atom is 0.427 e. The zero-order valence-corrected chi connectivity index (χ0v) is 15.9. The van der Waals surface area contributed by atoms with Crippen LogP contribution in [-0.4, -0.2) is 21.8 Å². The molecule has 4 N–H and O–H groups in total. The minimum absolute atomic E-state index is 0.0636. The second kappa shape index (κ2) is 7.06. The van der Waals surface area contributed by atoms with Crippen molar-refractivity contribution in [3.8, 4) is 17.9 Å². The molecule has 1 fully saturated rings. The van der Waals surface area contributed by atoms with Crippen LogP contribution in [0.25, 0.3) is 0 Å². The van der Waals surface area contributed by atoms with Gasteiger partial charge in [-0.05, 0) is 24.5 Å². The number of nitrogens with one attached hydrogen (secondary N) is 2. The topological polar surface area (TPSA) is 126 Å². The third-order valence-electron chi connectivity index (χ3n) is 5.03. The molecular formula is C20H15F3N6O2. The molecule has 1 saturated carbocycles. The number of rotatable bonds is 2. The van der Waals surface area contributed by atoms with Crippen LogP contribution in [0.15, 0.2) is 29.3 Å². The van der Waals surface area contributed by atoms with Gasteiger partial charge in [0.15, 0.2) is 5.69 Å². The Morgan fingerprint density at radius 2 is 2.06 bits per heavy atom. The molecule has 0 radical (unpaired) electrons. The van der Waals surface area contributed by atoms with Crippen molar-refractivity contribution in [3.63, 3.8) is 0 Å². The van der Waals surface area contributed by atoms with Crippen molar-refractivity contribution in [1.29, 1.82) is 5.26 Å².